The Labute approximate surface area is 121 Å². The van der Waals surface area contributed by atoms with E-state index >= 15 is 0 Å². The minimum atomic E-state index is -2.40. The van der Waals surface area contributed by atoms with Crippen molar-refractivity contribution in [2.45, 2.75) is 18.5 Å². The molecule has 0 aromatic heterocycles. The Morgan fingerprint density at radius 2 is 1.29 bits per heavy atom. The van der Waals surface area contributed by atoms with Crippen LogP contribution in [0.2, 0.25) is 0 Å². The van der Waals surface area contributed by atoms with E-state index in [0.717, 1.165) is 0 Å². The zero-order valence-electron chi connectivity index (χ0n) is 11.4. The van der Waals surface area contributed by atoms with Crippen LogP contribution >= 0.6 is 0 Å². The Morgan fingerprint density at radius 1 is 0.857 bits per heavy atom. The molecule has 0 radical (unpaired) electrons. The zero-order chi connectivity index (χ0) is 15.5. The molecule has 108 valence electrons. The van der Waals surface area contributed by atoms with Gasteiger partial charge in [0.25, 0.3) is 0 Å². The van der Waals surface area contributed by atoms with Gasteiger partial charge in [0.15, 0.2) is 0 Å². The van der Waals surface area contributed by atoms with E-state index in [1.165, 1.54) is 19.1 Å². The van der Waals surface area contributed by atoms with E-state index in [2.05, 4.69) is 0 Å². The third kappa shape index (κ3) is 2.35. The third-order valence-electron chi connectivity index (χ3n) is 3.66. The van der Waals surface area contributed by atoms with Crippen LogP contribution in [0, 0.1) is 20.2 Å². The minimum Gasteiger partial charge on any atom is -0.258 e. The van der Waals surface area contributed by atoms with Crippen LogP contribution in [0.3, 0.4) is 0 Å². The van der Waals surface area contributed by atoms with Crippen LogP contribution in [0.15, 0.2) is 60.7 Å². The predicted molar refractivity (Wildman–Crippen MR) is 77.0 cm³/mol. The molecule has 0 spiro atoms. The number of hydrogen-bond donors (Lipinski definition) is 0. The summed E-state index contributed by atoms with van der Waals surface area (Å²) in [6.45, 7) is 1.51. The average Bonchev–Trinajstić information content (AvgIpc) is 2.49. The molecule has 0 aliphatic heterocycles. The second-order valence-corrected chi connectivity index (χ2v) is 4.74. The highest BCUT2D eigenvalue weighted by Gasteiger charge is 2.63. The molecule has 2 aromatic carbocycles. The molecule has 2 aromatic rings. The molecule has 21 heavy (non-hydrogen) atoms. The second kappa shape index (κ2) is 5.70. The molecule has 6 nitrogen and oxygen atoms in total. The van der Waals surface area contributed by atoms with E-state index < -0.39 is 21.4 Å². The minimum absolute atomic E-state index is 0.0661. The lowest BCUT2D eigenvalue weighted by atomic mass is 9.83. The molecule has 0 aliphatic carbocycles. The summed E-state index contributed by atoms with van der Waals surface area (Å²) in [5.74, 6) is -0.911. The molecule has 0 N–H and O–H groups in total. The highest BCUT2D eigenvalue weighted by molar-refractivity contribution is 5.28. The molecule has 0 heterocycles. The van der Waals surface area contributed by atoms with Gasteiger partial charge in [0, 0.05) is 0 Å². The van der Waals surface area contributed by atoms with E-state index in [1.54, 1.807) is 48.5 Å². The lowest BCUT2D eigenvalue weighted by molar-refractivity contribution is -0.814. The molecule has 6 heteroatoms. The van der Waals surface area contributed by atoms with E-state index in [-0.39, 0.29) is 5.56 Å². The predicted octanol–water partition coefficient (Wildman–Crippen LogP) is 3.20. The summed E-state index contributed by atoms with van der Waals surface area (Å²) in [5, 5.41) is 23.3. The maximum Gasteiger partial charge on any atom is 0.490 e. The molecule has 1 unspecified atom stereocenters. The van der Waals surface area contributed by atoms with Gasteiger partial charge in [-0.2, -0.15) is 0 Å². The van der Waals surface area contributed by atoms with E-state index in [9.17, 15) is 20.2 Å². The summed E-state index contributed by atoms with van der Waals surface area (Å²) in [7, 11) is 0. The lowest BCUT2D eigenvalue weighted by Gasteiger charge is -2.23. The highest BCUT2D eigenvalue weighted by atomic mass is 16.7. The van der Waals surface area contributed by atoms with Gasteiger partial charge in [-0.3, -0.25) is 20.2 Å². The van der Waals surface area contributed by atoms with Crippen molar-refractivity contribution in [3.63, 3.8) is 0 Å². The summed E-state index contributed by atoms with van der Waals surface area (Å²) in [6, 6.07) is 16.1. The third-order valence-corrected chi connectivity index (χ3v) is 3.66. The van der Waals surface area contributed by atoms with Gasteiger partial charge in [0.05, 0.1) is 0 Å². The number of nitro groups is 2. The number of rotatable bonds is 5. The summed E-state index contributed by atoms with van der Waals surface area (Å²) in [6.07, 6.45) is 0. The van der Waals surface area contributed by atoms with E-state index in [0.29, 0.717) is 5.56 Å². The molecule has 0 saturated carbocycles. The summed E-state index contributed by atoms with van der Waals surface area (Å²) < 4.78 is 0. The SMILES string of the molecule is CC(c1ccccc1)C(c1ccccc1)([N+](=O)[O-])[N+](=O)[O-]. The standard InChI is InChI=1S/C15H14N2O4/c1-12(13-8-4-2-5-9-13)15(16(18)19,17(20)21)14-10-6-3-7-11-14/h2-12H,1H3. The molecule has 0 saturated heterocycles. The average molecular weight is 286 g/mol. The molecular formula is C15H14N2O4. The Bertz CT molecular complexity index is 629. The highest BCUT2D eigenvalue weighted by Crippen LogP contribution is 2.39. The monoisotopic (exact) mass is 286 g/mol. The van der Waals surface area contributed by atoms with Crippen molar-refractivity contribution in [3.05, 3.63) is 92.0 Å². The normalized spacial score (nSPS) is 12.6. The smallest absolute Gasteiger partial charge is 0.258 e. The molecule has 0 fully saturated rings. The van der Waals surface area contributed by atoms with E-state index in [4.69, 9.17) is 0 Å². The number of benzene rings is 2. The van der Waals surface area contributed by atoms with Crippen LogP contribution in [-0.2, 0) is 5.66 Å². The van der Waals surface area contributed by atoms with Crippen LogP contribution in [-0.4, -0.2) is 9.85 Å². The quantitative estimate of drug-likeness (QED) is 0.480. The van der Waals surface area contributed by atoms with Gasteiger partial charge in [0.1, 0.15) is 21.3 Å². The molecule has 2 rings (SSSR count). The van der Waals surface area contributed by atoms with Crippen molar-refractivity contribution in [1.29, 1.82) is 0 Å². The number of nitrogens with zero attached hydrogens (tertiary/aromatic N) is 2. The Balaban J connectivity index is 2.67. The Morgan fingerprint density at radius 3 is 1.71 bits per heavy atom. The van der Waals surface area contributed by atoms with Gasteiger partial charge in [-0.25, -0.2) is 0 Å². The molecule has 1 atom stereocenters. The van der Waals surface area contributed by atoms with Crippen LogP contribution in [0.4, 0.5) is 0 Å². The lowest BCUT2D eigenvalue weighted by Crippen LogP contribution is -2.47. The van der Waals surface area contributed by atoms with Gasteiger partial charge in [-0.1, -0.05) is 48.5 Å². The van der Waals surface area contributed by atoms with Crippen LogP contribution < -0.4 is 0 Å². The Hall–Kier alpha value is -2.76. The first-order valence-electron chi connectivity index (χ1n) is 6.40. The van der Waals surface area contributed by atoms with Crippen molar-refractivity contribution in [2.75, 3.05) is 0 Å². The van der Waals surface area contributed by atoms with Crippen LogP contribution in [0.25, 0.3) is 0 Å². The summed E-state index contributed by atoms with van der Waals surface area (Å²) in [4.78, 5) is 21.7. The summed E-state index contributed by atoms with van der Waals surface area (Å²) in [5.41, 5.74) is -1.78. The maximum atomic E-state index is 11.6. The van der Waals surface area contributed by atoms with Crippen molar-refractivity contribution in [3.8, 4) is 0 Å². The van der Waals surface area contributed by atoms with E-state index in [1.807, 2.05) is 0 Å². The van der Waals surface area contributed by atoms with Gasteiger partial charge in [-0.05, 0) is 24.6 Å². The van der Waals surface area contributed by atoms with Crippen molar-refractivity contribution in [1.82, 2.24) is 0 Å². The van der Waals surface area contributed by atoms with Gasteiger partial charge in [0.2, 0.25) is 0 Å². The van der Waals surface area contributed by atoms with Gasteiger partial charge >= 0.3 is 5.66 Å². The maximum absolute atomic E-state index is 11.6. The van der Waals surface area contributed by atoms with Crippen molar-refractivity contribution < 1.29 is 9.85 Å². The van der Waals surface area contributed by atoms with Crippen LogP contribution in [0.5, 0.6) is 0 Å². The summed E-state index contributed by atoms with van der Waals surface area (Å²) >= 11 is 0. The molecule has 0 amide bonds. The first-order chi connectivity index (χ1) is 10.0. The zero-order valence-corrected chi connectivity index (χ0v) is 11.4. The number of hydrogen-bond acceptors (Lipinski definition) is 4. The fourth-order valence-electron chi connectivity index (χ4n) is 2.50. The largest absolute Gasteiger partial charge is 0.490 e. The molecule has 0 bridgehead atoms. The molecular weight excluding hydrogens is 272 g/mol. The molecule has 0 aliphatic rings. The van der Waals surface area contributed by atoms with Gasteiger partial charge < -0.3 is 0 Å². The topological polar surface area (TPSA) is 86.3 Å². The Kier molecular flexibility index (Phi) is 3.98. The van der Waals surface area contributed by atoms with Crippen molar-refractivity contribution >= 4 is 0 Å². The second-order valence-electron chi connectivity index (χ2n) is 4.74. The van der Waals surface area contributed by atoms with Crippen molar-refractivity contribution in [2.24, 2.45) is 0 Å². The fourth-order valence-corrected chi connectivity index (χ4v) is 2.50. The van der Waals surface area contributed by atoms with Gasteiger partial charge in [-0.15, -0.1) is 0 Å². The van der Waals surface area contributed by atoms with Crippen LogP contribution in [0.1, 0.15) is 24.0 Å². The fraction of sp³-hybridized carbons (Fsp3) is 0.200. The first kappa shape index (κ1) is 14.6. The first-order valence-corrected chi connectivity index (χ1v) is 6.40.